The second-order valence-electron chi connectivity index (χ2n) is 5.12. The third-order valence-electron chi connectivity index (χ3n) is 3.58. The number of nitrogens with zero attached hydrogens (tertiary/aromatic N) is 1. The molecule has 1 aliphatic heterocycles. The third kappa shape index (κ3) is 3.73. The summed E-state index contributed by atoms with van der Waals surface area (Å²) in [7, 11) is 0. The van der Waals surface area contributed by atoms with Crippen LogP contribution in [-0.2, 0) is 4.79 Å². The molecule has 1 atom stereocenters. The molecule has 4 nitrogen and oxygen atoms in total. The van der Waals surface area contributed by atoms with Crippen LogP contribution < -0.4 is 15.5 Å². The average molecular weight is 340 g/mol. The standard InChI is InChI=1S/C15H22BrN3O/c1-3-17-11(2)12-5-6-14(13(16)9-12)19-8-4-7-18-15(20)10-19/h5-6,9,11,17H,3-4,7-8,10H2,1-2H3,(H,18,20). The Kier molecular flexibility index (Phi) is 5.43. The highest BCUT2D eigenvalue weighted by Crippen LogP contribution is 2.29. The molecule has 1 heterocycles. The zero-order chi connectivity index (χ0) is 14.5. The maximum Gasteiger partial charge on any atom is 0.239 e. The predicted molar refractivity (Wildman–Crippen MR) is 86.1 cm³/mol. The number of rotatable bonds is 4. The van der Waals surface area contributed by atoms with Crippen molar-refractivity contribution in [1.29, 1.82) is 0 Å². The van der Waals surface area contributed by atoms with Gasteiger partial charge in [0.25, 0.3) is 0 Å². The van der Waals surface area contributed by atoms with E-state index in [-0.39, 0.29) is 5.91 Å². The Hall–Kier alpha value is -1.07. The van der Waals surface area contributed by atoms with E-state index in [1.807, 2.05) is 0 Å². The maximum absolute atomic E-state index is 11.7. The van der Waals surface area contributed by atoms with Crippen molar-refractivity contribution >= 4 is 27.5 Å². The van der Waals surface area contributed by atoms with Crippen LogP contribution in [0.5, 0.6) is 0 Å². The Morgan fingerprint density at radius 3 is 3.00 bits per heavy atom. The highest BCUT2D eigenvalue weighted by atomic mass is 79.9. The molecule has 2 rings (SSSR count). The third-order valence-corrected chi connectivity index (χ3v) is 4.22. The van der Waals surface area contributed by atoms with Crippen molar-refractivity contribution in [3.8, 4) is 0 Å². The summed E-state index contributed by atoms with van der Waals surface area (Å²) in [5, 5.41) is 6.31. The van der Waals surface area contributed by atoms with Crippen LogP contribution in [0.15, 0.2) is 22.7 Å². The first-order valence-electron chi connectivity index (χ1n) is 7.16. The van der Waals surface area contributed by atoms with Crippen molar-refractivity contribution < 1.29 is 4.79 Å². The van der Waals surface area contributed by atoms with E-state index in [0.717, 1.165) is 36.2 Å². The lowest BCUT2D eigenvalue weighted by molar-refractivity contribution is -0.119. The van der Waals surface area contributed by atoms with Gasteiger partial charge in [0, 0.05) is 23.6 Å². The van der Waals surface area contributed by atoms with Crippen LogP contribution in [-0.4, -0.2) is 32.1 Å². The summed E-state index contributed by atoms with van der Waals surface area (Å²) in [4.78, 5) is 13.8. The second-order valence-corrected chi connectivity index (χ2v) is 5.97. The van der Waals surface area contributed by atoms with Gasteiger partial charge in [0.1, 0.15) is 0 Å². The van der Waals surface area contributed by atoms with Crippen LogP contribution in [0.2, 0.25) is 0 Å². The number of hydrogen-bond acceptors (Lipinski definition) is 3. The molecule has 20 heavy (non-hydrogen) atoms. The fraction of sp³-hybridized carbons (Fsp3) is 0.533. The fourth-order valence-corrected chi connectivity index (χ4v) is 3.13. The number of halogens is 1. The maximum atomic E-state index is 11.7. The summed E-state index contributed by atoms with van der Waals surface area (Å²) in [6.45, 7) is 7.32. The number of hydrogen-bond donors (Lipinski definition) is 2. The van der Waals surface area contributed by atoms with E-state index < -0.39 is 0 Å². The van der Waals surface area contributed by atoms with Gasteiger partial charge in [-0.1, -0.05) is 13.0 Å². The van der Waals surface area contributed by atoms with Crippen LogP contribution in [0.1, 0.15) is 31.9 Å². The van der Waals surface area contributed by atoms with Gasteiger partial charge in [-0.2, -0.15) is 0 Å². The first-order valence-corrected chi connectivity index (χ1v) is 7.95. The van der Waals surface area contributed by atoms with E-state index in [9.17, 15) is 4.79 Å². The van der Waals surface area contributed by atoms with Gasteiger partial charge in [-0.05, 0) is 53.5 Å². The molecule has 0 radical (unpaired) electrons. The topological polar surface area (TPSA) is 44.4 Å². The molecule has 0 saturated carbocycles. The van der Waals surface area contributed by atoms with Crippen molar-refractivity contribution in [2.75, 3.05) is 31.1 Å². The lowest BCUT2D eigenvalue weighted by Crippen LogP contribution is -2.33. The van der Waals surface area contributed by atoms with Gasteiger partial charge < -0.3 is 15.5 Å². The summed E-state index contributed by atoms with van der Waals surface area (Å²) in [6.07, 6.45) is 0.980. The molecule has 2 N–H and O–H groups in total. The molecule has 1 aliphatic rings. The number of carbonyl (C=O) groups is 1. The molecule has 1 amide bonds. The summed E-state index contributed by atoms with van der Waals surface area (Å²) >= 11 is 3.65. The zero-order valence-corrected chi connectivity index (χ0v) is 13.7. The van der Waals surface area contributed by atoms with Crippen LogP contribution in [0, 0.1) is 0 Å². The highest BCUT2D eigenvalue weighted by Gasteiger charge is 2.17. The van der Waals surface area contributed by atoms with E-state index in [4.69, 9.17) is 0 Å². The molecule has 0 bridgehead atoms. The van der Waals surface area contributed by atoms with Gasteiger partial charge in [0.15, 0.2) is 0 Å². The average Bonchev–Trinajstić information content (AvgIpc) is 2.63. The monoisotopic (exact) mass is 339 g/mol. The van der Waals surface area contributed by atoms with Gasteiger partial charge >= 0.3 is 0 Å². The molecular formula is C15H22BrN3O. The van der Waals surface area contributed by atoms with Crippen molar-refractivity contribution in [2.45, 2.75) is 26.3 Å². The normalized spacial score (nSPS) is 17.6. The van der Waals surface area contributed by atoms with Crippen molar-refractivity contribution in [3.05, 3.63) is 28.2 Å². The minimum Gasteiger partial charge on any atom is -0.361 e. The number of carbonyl (C=O) groups excluding carboxylic acids is 1. The Bertz CT molecular complexity index is 478. The van der Waals surface area contributed by atoms with E-state index in [1.165, 1.54) is 5.56 Å². The first-order chi connectivity index (χ1) is 9.61. The van der Waals surface area contributed by atoms with Crippen LogP contribution in [0.4, 0.5) is 5.69 Å². The van der Waals surface area contributed by atoms with Crippen molar-refractivity contribution in [3.63, 3.8) is 0 Å². The van der Waals surface area contributed by atoms with Gasteiger partial charge in [0.05, 0.1) is 12.2 Å². The molecule has 1 fully saturated rings. The van der Waals surface area contributed by atoms with Crippen LogP contribution in [0.25, 0.3) is 0 Å². The molecule has 0 aliphatic carbocycles. The Morgan fingerprint density at radius 2 is 2.30 bits per heavy atom. The van der Waals surface area contributed by atoms with Gasteiger partial charge in [0.2, 0.25) is 5.91 Å². The number of nitrogens with one attached hydrogen (secondary N) is 2. The van der Waals surface area contributed by atoms with Crippen molar-refractivity contribution in [2.24, 2.45) is 0 Å². The molecule has 5 heteroatoms. The van der Waals surface area contributed by atoms with Crippen molar-refractivity contribution in [1.82, 2.24) is 10.6 Å². The smallest absolute Gasteiger partial charge is 0.239 e. The second kappa shape index (κ2) is 7.09. The molecule has 0 aromatic heterocycles. The summed E-state index contributed by atoms with van der Waals surface area (Å²) in [5.41, 5.74) is 2.34. The zero-order valence-electron chi connectivity index (χ0n) is 12.1. The number of benzene rings is 1. The largest absolute Gasteiger partial charge is 0.361 e. The lowest BCUT2D eigenvalue weighted by atomic mass is 10.1. The first kappa shape index (κ1) is 15.3. The van der Waals surface area contributed by atoms with Gasteiger partial charge in [-0.25, -0.2) is 0 Å². The highest BCUT2D eigenvalue weighted by molar-refractivity contribution is 9.10. The molecule has 110 valence electrons. The minimum absolute atomic E-state index is 0.0968. The number of amides is 1. The summed E-state index contributed by atoms with van der Waals surface area (Å²) < 4.78 is 1.05. The minimum atomic E-state index is 0.0968. The molecular weight excluding hydrogens is 318 g/mol. The molecule has 1 aromatic rings. The van der Waals surface area contributed by atoms with Gasteiger partial charge in [-0.3, -0.25) is 4.79 Å². The lowest BCUT2D eigenvalue weighted by Gasteiger charge is -2.24. The molecule has 1 aromatic carbocycles. The quantitative estimate of drug-likeness (QED) is 0.885. The SMILES string of the molecule is CCNC(C)c1ccc(N2CCCNC(=O)C2)c(Br)c1. The molecule has 0 spiro atoms. The predicted octanol–water partition coefficient (Wildman–Crippen LogP) is 2.45. The molecule has 1 saturated heterocycles. The van der Waals surface area contributed by atoms with Gasteiger partial charge in [-0.15, -0.1) is 0 Å². The Balaban J connectivity index is 2.18. The van der Waals surface area contributed by atoms with E-state index in [0.29, 0.717) is 12.6 Å². The van der Waals surface area contributed by atoms with Crippen LogP contribution >= 0.6 is 15.9 Å². The summed E-state index contributed by atoms with van der Waals surface area (Å²) in [6, 6.07) is 6.71. The molecule has 1 unspecified atom stereocenters. The van der Waals surface area contributed by atoms with Crippen LogP contribution in [0.3, 0.4) is 0 Å². The Labute approximate surface area is 129 Å². The Morgan fingerprint density at radius 1 is 1.50 bits per heavy atom. The van der Waals surface area contributed by atoms with E-state index in [1.54, 1.807) is 0 Å². The van der Waals surface area contributed by atoms with E-state index in [2.05, 4.69) is 63.5 Å². The van der Waals surface area contributed by atoms with E-state index >= 15 is 0 Å². The summed E-state index contributed by atoms with van der Waals surface area (Å²) in [5.74, 6) is 0.0968. The number of anilines is 1. The fourth-order valence-electron chi connectivity index (χ4n) is 2.48.